The number of pyridine rings is 1. The molecule has 0 radical (unpaired) electrons. The number of para-hydroxylation sites is 1. The van der Waals surface area contributed by atoms with E-state index in [1.165, 1.54) is 0 Å². The third-order valence-corrected chi connectivity index (χ3v) is 5.04. The Morgan fingerprint density at radius 1 is 1.12 bits per heavy atom. The fraction of sp³-hybridized carbons (Fsp3) is 0.400. The van der Waals surface area contributed by atoms with Gasteiger partial charge in [0.2, 0.25) is 0 Å². The van der Waals surface area contributed by atoms with E-state index in [9.17, 15) is 4.79 Å². The van der Waals surface area contributed by atoms with E-state index in [2.05, 4.69) is 26.7 Å². The summed E-state index contributed by atoms with van der Waals surface area (Å²) >= 11 is 0. The summed E-state index contributed by atoms with van der Waals surface area (Å²) in [5.41, 5.74) is 1.60. The van der Waals surface area contributed by atoms with Crippen LogP contribution >= 0.6 is 0 Å². The molecule has 1 aliphatic rings. The molecule has 0 atom stereocenters. The van der Waals surface area contributed by atoms with E-state index in [0.717, 1.165) is 25.2 Å². The van der Waals surface area contributed by atoms with E-state index in [4.69, 9.17) is 13.9 Å². The Morgan fingerprint density at radius 3 is 2.67 bits per heavy atom. The highest BCUT2D eigenvalue weighted by molar-refractivity contribution is 5.79. The van der Waals surface area contributed by atoms with Crippen molar-refractivity contribution in [3.63, 3.8) is 0 Å². The first-order valence-electron chi connectivity index (χ1n) is 11.0. The van der Waals surface area contributed by atoms with Crippen LogP contribution in [-0.2, 0) is 4.74 Å². The lowest BCUT2D eigenvalue weighted by Gasteiger charge is -2.35. The zero-order valence-corrected chi connectivity index (χ0v) is 19.2. The summed E-state index contributed by atoms with van der Waals surface area (Å²) in [7, 11) is 0. The first-order chi connectivity index (χ1) is 15.9. The quantitative estimate of drug-likeness (QED) is 0.565. The van der Waals surface area contributed by atoms with Gasteiger partial charge in [0.25, 0.3) is 5.89 Å². The highest BCUT2D eigenvalue weighted by Gasteiger charge is 2.25. The maximum atomic E-state index is 12.2. The van der Waals surface area contributed by atoms with Gasteiger partial charge in [-0.25, -0.2) is 9.78 Å². The molecule has 0 saturated carbocycles. The Balaban J connectivity index is 1.30. The van der Waals surface area contributed by atoms with E-state index in [1.807, 2.05) is 51.1 Å². The molecule has 1 saturated heterocycles. The van der Waals surface area contributed by atoms with Crippen molar-refractivity contribution in [1.82, 2.24) is 19.8 Å². The van der Waals surface area contributed by atoms with Crippen LogP contribution in [0.3, 0.4) is 0 Å². The number of nitrogens with zero attached hydrogens (tertiary/aromatic N) is 4. The van der Waals surface area contributed by atoms with Crippen LogP contribution in [-0.4, -0.2) is 70.8 Å². The molecule has 3 heterocycles. The van der Waals surface area contributed by atoms with Crippen LogP contribution in [0, 0.1) is 11.8 Å². The topological polar surface area (TPSA) is 80.9 Å². The zero-order valence-electron chi connectivity index (χ0n) is 19.2. The SMILES string of the molecule is CC(C)(C)OC(=O)N1CCN(CCOc2cccc3nc(C#Cc4cccnc4)oc23)CC1. The Kier molecular flexibility index (Phi) is 6.80. The number of piperazine rings is 1. The first kappa shape index (κ1) is 22.6. The molecule has 3 aromatic rings. The van der Waals surface area contributed by atoms with Crippen LogP contribution in [0.15, 0.2) is 47.1 Å². The van der Waals surface area contributed by atoms with E-state index >= 15 is 0 Å². The van der Waals surface area contributed by atoms with Crippen LogP contribution in [0.2, 0.25) is 0 Å². The highest BCUT2D eigenvalue weighted by Crippen LogP contribution is 2.26. The molecule has 0 unspecified atom stereocenters. The number of rotatable bonds is 4. The molecule has 0 N–H and O–H groups in total. The normalized spacial score (nSPS) is 14.6. The maximum absolute atomic E-state index is 12.2. The van der Waals surface area contributed by atoms with E-state index < -0.39 is 5.60 Å². The Hall–Kier alpha value is -3.57. The van der Waals surface area contributed by atoms with Crippen LogP contribution < -0.4 is 4.74 Å². The second kappa shape index (κ2) is 9.92. The number of oxazole rings is 1. The van der Waals surface area contributed by atoms with Crippen LogP contribution in [0.5, 0.6) is 5.75 Å². The molecule has 2 aromatic heterocycles. The molecular formula is C25H28N4O4. The summed E-state index contributed by atoms with van der Waals surface area (Å²) in [6.45, 7) is 9.74. The molecule has 1 fully saturated rings. The van der Waals surface area contributed by atoms with Gasteiger partial charge < -0.3 is 18.8 Å². The minimum atomic E-state index is -0.478. The number of benzene rings is 1. The van der Waals surface area contributed by atoms with Gasteiger partial charge in [0.1, 0.15) is 17.7 Å². The van der Waals surface area contributed by atoms with Crippen molar-refractivity contribution < 1.29 is 18.7 Å². The second-order valence-corrected chi connectivity index (χ2v) is 8.77. The molecule has 1 aliphatic heterocycles. The summed E-state index contributed by atoms with van der Waals surface area (Å²) in [5.74, 6) is 6.91. The smallest absolute Gasteiger partial charge is 0.410 e. The monoisotopic (exact) mass is 448 g/mol. The van der Waals surface area contributed by atoms with Crippen molar-refractivity contribution in [2.45, 2.75) is 26.4 Å². The van der Waals surface area contributed by atoms with Gasteiger partial charge in [-0.1, -0.05) is 12.0 Å². The van der Waals surface area contributed by atoms with Gasteiger partial charge in [0.05, 0.1) is 0 Å². The first-order valence-corrected chi connectivity index (χ1v) is 11.0. The lowest BCUT2D eigenvalue weighted by atomic mass is 10.2. The fourth-order valence-electron chi connectivity index (χ4n) is 3.42. The van der Waals surface area contributed by atoms with Crippen LogP contribution in [0.25, 0.3) is 11.1 Å². The standard InChI is InChI=1S/C25H28N4O4/c1-25(2,3)33-24(30)29-14-12-28(13-15-29)16-17-31-21-8-4-7-20-23(21)32-22(27-20)10-9-19-6-5-11-26-18-19/h4-8,11,18H,12-17H2,1-3H3. The lowest BCUT2D eigenvalue weighted by molar-refractivity contribution is 0.0137. The molecule has 4 rings (SSSR count). The average Bonchev–Trinajstić information content (AvgIpc) is 3.22. The molecule has 8 heteroatoms. The molecule has 172 valence electrons. The van der Waals surface area contributed by atoms with Crippen LogP contribution in [0.1, 0.15) is 32.2 Å². The van der Waals surface area contributed by atoms with Gasteiger partial charge in [-0.15, -0.1) is 0 Å². The number of aromatic nitrogens is 2. The minimum Gasteiger partial charge on any atom is -0.488 e. The van der Waals surface area contributed by atoms with E-state index in [0.29, 0.717) is 42.4 Å². The lowest BCUT2D eigenvalue weighted by Crippen LogP contribution is -2.50. The third-order valence-electron chi connectivity index (χ3n) is 5.04. The van der Waals surface area contributed by atoms with Gasteiger partial charge in [-0.2, -0.15) is 0 Å². The number of hydrogen-bond acceptors (Lipinski definition) is 7. The van der Waals surface area contributed by atoms with Gasteiger partial charge in [-0.3, -0.25) is 9.88 Å². The van der Waals surface area contributed by atoms with Gasteiger partial charge >= 0.3 is 6.09 Å². The average molecular weight is 449 g/mol. The van der Waals surface area contributed by atoms with Crippen molar-refractivity contribution in [3.05, 3.63) is 54.2 Å². The molecule has 1 aromatic carbocycles. The number of carbonyl (C=O) groups is 1. The van der Waals surface area contributed by atoms with Gasteiger partial charge in [-0.05, 0) is 51.0 Å². The van der Waals surface area contributed by atoms with Crippen molar-refractivity contribution in [2.24, 2.45) is 0 Å². The number of carbonyl (C=O) groups excluding carboxylic acids is 1. The summed E-state index contributed by atoms with van der Waals surface area (Å²) in [6, 6.07) is 9.34. The second-order valence-electron chi connectivity index (χ2n) is 8.77. The predicted molar refractivity (Wildman–Crippen MR) is 124 cm³/mol. The van der Waals surface area contributed by atoms with E-state index in [-0.39, 0.29) is 6.09 Å². The van der Waals surface area contributed by atoms with Crippen molar-refractivity contribution in [2.75, 3.05) is 39.3 Å². The number of fused-ring (bicyclic) bond motifs is 1. The molecular weight excluding hydrogens is 420 g/mol. The zero-order chi connectivity index (χ0) is 23.3. The van der Waals surface area contributed by atoms with Gasteiger partial charge in [0.15, 0.2) is 11.3 Å². The fourth-order valence-corrected chi connectivity index (χ4v) is 3.42. The predicted octanol–water partition coefficient (Wildman–Crippen LogP) is 3.55. The Labute approximate surface area is 193 Å². The molecule has 1 amide bonds. The largest absolute Gasteiger partial charge is 0.488 e. The van der Waals surface area contributed by atoms with Crippen molar-refractivity contribution >= 4 is 17.2 Å². The van der Waals surface area contributed by atoms with E-state index in [1.54, 1.807) is 17.3 Å². The summed E-state index contributed by atoms with van der Waals surface area (Å²) in [6.07, 6.45) is 3.14. The van der Waals surface area contributed by atoms with Crippen molar-refractivity contribution in [3.8, 4) is 17.6 Å². The maximum Gasteiger partial charge on any atom is 0.410 e. The number of hydrogen-bond donors (Lipinski definition) is 0. The molecule has 0 spiro atoms. The van der Waals surface area contributed by atoms with Crippen molar-refractivity contribution in [1.29, 1.82) is 0 Å². The van der Waals surface area contributed by atoms with Gasteiger partial charge in [0, 0.05) is 50.7 Å². The summed E-state index contributed by atoms with van der Waals surface area (Å²) in [5, 5.41) is 0. The highest BCUT2D eigenvalue weighted by atomic mass is 16.6. The Morgan fingerprint density at radius 2 is 1.94 bits per heavy atom. The Bertz CT molecular complexity index is 1150. The molecule has 0 bridgehead atoms. The number of ether oxygens (including phenoxy) is 2. The summed E-state index contributed by atoms with van der Waals surface area (Å²) < 4.78 is 17.3. The molecule has 0 aliphatic carbocycles. The van der Waals surface area contributed by atoms with Crippen LogP contribution in [0.4, 0.5) is 4.79 Å². The third kappa shape index (κ3) is 6.24. The molecule has 8 nitrogen and oxygen atoms in total. The minimum absolute atomic E-state index is 0.252. The molecule has 33 heavy (non-hydrogen) atoms. The number of amides is 1. The summed E-state index contributed by atoms with van der Waals surface area (Å²) in [4.78, 5) is 24.7.